The number of aliphatic hydroxyl groups is 1. The molecule has 9 heteroatoms. The van der Waals surface area contributed by atoms with E-state index >= 15 is 0 Å². The van der Waals surface area contributed by atoms with Crippen molar-refractivity contribution in [3.05, 3.63) is 0 Å². The molecule has 0 radical (unpaired) electrons. The largest absolute Gasteiger partial charge is 0.467 e. The Labute approximate surface area is 155 Å². The molecule has 0 aliphatic heterocycles. The van der Waals surface area contributed by atoms with Crippen LogP contribution in [-0.2, 0) is 19.0 Å². The highest BCUT2D eigenvalue weighted by Crippen LogP contribution is 2.12. The number of carbonyl (C=O) groups is 3. The summed E-state index contributed by atoms with van der Waals surface area (Å²) < 4.78 is 15.0. The zero-order chi connectivity index (χ0) is 20.7. The summed E-state index contributed by atoms with van der Waals surface area (Å²) in [5.41, 5.74) is -1.39. The Hall–Kier alpha value is -2.03. The van der Waals surface area contributed by atoms with E-state index in [4.69, 9.17) is 9.47 Å². The number of aliphatic hydroxyl groups excluding tert-OH is 1. The van der Waals surface area contributed by atoms with Gasteiger partial charge in [0.25, 0.3) is 0 Å². The maximum absolute atomic E-state index is 12.3. The van der Waals surface area contributed by atoms with Crippen LogP contribution in [0.2, 0.25) is 0 Å². The Kier molecular flexibility index (Phi) is 8.86. The van der Waals surface area contributed by atoms with Gasteiger partial charge in [-0.1, -0.05) is 0 Å². The van der Waals surface area contributed by atoms with Crippen molar-refractivity contribution in [1.29, 1.82) is 0 Å². The van der Waals surface area contributed by atoms with E-state index < -0.39 is 35.5 Å². The van der Waals surface area contributed by atoms with Crippen LogP contribution in [-0.4, -0.2) is 84.2 Å². The monoisotopic (exact) mass is 376 g/mol. The quantitative estimate of drug-likeness (QED) is 0.555. The van der Waals surface area contributed by atoms with Crippen LogP contribution >= 0.6 is 0 Å². The predicted molar refractivity (Wildman–Crippen MR) is 94.7 cm³/mol. The third kappa shape index (κ3) is 10.1. The SMILES string of the molecule is COC(=O)[C@@H](O)CN(CCN(C)C(=O)OC(C)(C)C)C(=O)OC(C)(C)C. The number of amides is 2. The van der Waals surface area contributed by atoms with Gasteiger partial charge in [-0.05, 0) is 41.5 Å². The molecule has 2 amide bonds. The van der Waals surface area contributed by atoms with Gasteiger partial charge in [0, 0.05) is 20.1 Å². The number of hydrogen-bond acceptors (Lipinski definition) is 7. The van der Waals surface area contributed by atoms with Gasteiger partial charge in [0.1, 0.15) is 11.2 Å². The van der Waals surface area contributed by atoms with Crippen LogP contribution in [0.5, 0.6) is 0 Å². The molecule has 9 nitrogen and oxygen atoms in total. The van der Waals surface area contributed by atoms with E-state index in [1.807, 2.05) is 0 Å². The number of ether oxygens (including phenoxy) is 3. The van der Waals surface area contributed by atoms with Gasteiger partial charge in [-0.3, -0.25) is 0 Å². The summed E-state index contributed by atoms with van der Waals surface area (Å²) in [6, 6.07) is 0. The van der Waals surface area contributed by atoms with Crippen LogP contribution in [0.15, 0.2) is 0 Å². The lowest BCUT2D eigenvalue weighted by molar-refractivity contribution is -0.151. The highest BCUT2D eigenvalue weighted by Gasteiger charge is 2.28. The van der Waals surface area contributed by atoms with E-state index in [2.05, 4.69) is 4.74 Å². The van der Waals surface area contributed by atoms with E-state index in [0.29, 0.717) is 0 Å². The molecule has 0 spiro atoms. The third-order valence-corrected chi connectivity index (χ3v) is 2.93. The van der Waals surface area contributed by atoms with Crippen molar-refractivity contribution in [3.8, 4) is 0 Å². The summed E-state index contributed by atoms with van der Waals surface area (Å²) in [6.07, 6.45) is -2.77. The maximum Gasteiger partial charge on any atom is 0.410 e. The highest BCUT2D eigenvalue weighted by atomic mass is 16.6. The molecule has 0 bridgehead atoms. The van der Waals surface area contributed by atoms with Crippen LogP contribution in [0.4, 0.5) is 9.59 Å². The minimum atomic E-state index is -1.51. The number of likely N-dealkylation sites (N-methyl/N-ethyl adjacent to an activating group) is 1. The average molecular weight is 376 g/mol. The summed E-state index contributed by atoms with van der Waals surface area (Å²) in [6.45, 7) is 10.2. The zero-order valence-corrected chi connectivity index (χ0v) is 17.0. The fraction of sp³-hybridized carbons (Fsp3) is 0.824. The van der Waals surface area contributed by atoms with Gasteiger partial charge >= 0.3 is 18.2 Å². The molecule has 1 atom stereocenters. The first-order valence-corrected chi connectivity index (χ1v) is 8.34. The Morgan fingerprint density at radius 2 is 1.38 bits per heavy atom. The highest BCUT2D eigenvalue weighted by molar-refractivity contribution is 5.76. The maximum atomic E-state index is 12.3. The summed E-state index contributed by atoms with van der Waals surface area (Å²) in [7, 11) is 2.66. The lowest BCUT2D eigenvalue weighted by Crippen LogP contribution is -2.47. The van der Waals surface area contributed by atoms with E-state index in [0.717, 1.165) is 12.0 Å². The van der Waals surface area contributed by atoms with E-state index in [-0.39, 0.29) is 19.6 Å². The lowest BCUT2D eigenvalue weighted by Gasteiger charge is -2.30. The van der Waals surface area contributed by atoms with Crippen molar-refractivity contribution in [2.45, 2.75) is 58.8 Å². The smallest absolute Gasteiger partial charge is 0.410 e. The summed E-state index contributed by atoms with van der Waals surface area (Å²) >= 11 is 0. The van der Waals surface area contributed by atoms with Gasteiger partial charge in [0.2, 0.25) is 0 Å². The van der Waals surface area contributed by atoms with Crippen molar-refractivity contribution in [2.24, 2.45) is 0 Å². The number of carbonyl (C=O) groups excluding carboxylic acids is 3. The molecule has 0 saturated heterocycles. The number of hydrogen-bond donors (Lipinski definition) is 1. The third-order valence-electron chi connectivity index (χ3n) is 2.93. The second-order valence-electron chi connectivity index (χ2n) is 7.87. The van der Waals surface area contributed by atoms with E-state index in [9.17, 15) is 19.5 Å². The average Bonchev–Trinajstić information content (AvgIpc) is 2.46. The molecule has 1 N–H and O–H groups in total. The number of esters is 1. The molecule has 0 aromatic rings. The Morgan fingerprint density at radius 1 is 0.923 bits per heavy atom. The zero-order valence-electron chi connectivity index (χ0n) is 17.0. The Bertz CT molecular complexity index is 494. The van der Waals surface area contributed by atoms with Gasteiger partial charge in [0.05, 0.1) is 13.7 Å². The Morgan fingerprint density at radius 3 is 1.81 bits per heavy atom. The van der Waals surface area contributed by atoms with Gasteiger partial charge in [-0.2, -0.15) is 0 Å². The summed E-state index contributed by atoms with van der Waals surface area (Å²) in [4.78, 5) is 38.2. The van der Waals surface area contributed by atoms with Crippen molar-refractivity contribution >= 4 is 18.2 Å². The molecule has 0 heterocycles. The number of nitrogens with zero attached hydrogens (tertiary/aromatic N) is 2. The van der Waals surface area contributed by atoms with Crippen LogP contribution in [0.3, 0.4) is 0 Å². The molecule has 0 aromatic carbocycles. The predicted octanol–water partition coefficient (Wildman–Crippen LogP) is 1.62. The van der Waals surface area contributed by atoms with Crippen molar-refractivity contribution in [1.82, 2.24) is 9.80 Å². The molecule has 26 heavy (non-hydrogen) atoms. The second-order valence-corrected chi connectivity index (χ2v) is 7.87. The topological polar surface area (TPSA) is 106 Å². The lowest BCUT2D eigenvalue weighted by atomic mass is 10.2. The standard InChI is InChI=1S/C17H32N2O7/c1-16(2,3)25-14(22)18(7)9-10-19(11-12(20)13(21)24-8)15(23)26-17(4,5)6/h12,20H,9-11H2,1-8H3/t12-/m0/s1. The van der Waals surface area contributed by atoms with Gasteiger partial charge in [0.15, 0.2) is 6.10 Å². The first-order chi connectivity index (χ1) is 11.7. The molecular weight excluding hydrogens is 344 g/mol. The molecule has 0 aliphatic carbocycles. The Balaban J connectivity index is 4.97. The first-order valence-electron chi connectivity index (χ1n) is 8.34. The van der Waals surface area contributed by atoms with Crippen molar-refractivity contribution in [3.63, 3.8) is 0 Å². The van der Waals surface area contributed by atoms with Crippen molar-refractivity contribution in [2.75, 3.05) is 33.8 Å². The van der Waals surface area contributed by atoms with E-state index in [1.165, 1.54) is 11.9 Å². The fourth-order valence-electron chi connectivity index (χ4n) is 1.70. The first kappa shape index (κ1) is 24.0. The van der Waals surface area contributed by atoms with Crippen LogP contribution in [0.25, 0.3) is 0 Å². The summed E-state index contributed by atoms with van der Waals surface area (Å²) in [5, 5.41) is 9.83. The molecule has 0 aromatic heterocycles. The minimum absolute atomic E-state index is 0.0404. The molecule has 0 rings (SSSR count). The normalized spacial score (nSPS) is 12.8. The van der Waals surface area contributed by atoms with Crippen molar-refractivity contribution < 1.29 is 33.7 Å². The second kappa shape index (κ2) is 9.61. The molecule has 0 saturated carbocycles. The van der Waals surface area contributed by atoms with E-state index in [1.54, 1.807) is 41.5 Å². The van der Waals surface area contributed by atoms with Gasteiger partial charge in [-0.15, -0.1) is 0 Å². The molecule has 0 aliphatic rings. The van der Waals surface area contributed by atoms with Crippen LogP contribution < -0.4 is 0 Å². The number of rotatable bonds is 6. The van der Waals surface area contributed by atoms with Gasteiger partial charge < -0.3 is 29.1 Å². The molecule has 152 valence electrons. The molecular formula is C17H32N2O7. The minimum Gasteiger partial charge on any atom is -0.467 e. The van der Waals surface area contributed by atoms with Crippen LogP contribution in [0.1, 0.15) is 41.5 Å². The summed E-state index contributed by atoms with van der Waals surface area (Å²) in [5.74, 6) is -0.862. The number of methoxy groups -OCH3 is 1. The van der Waals surface area contributed by atoms with Gasteiger partial charge in [-0.25, -0.2) is 14.4 Å². The molecule has 0 fully saturated rings. The van der Waals surface area contributed by atoms with Crippen LogP contribution in [0, 0.1) is 0 Å². The molecule has 0 unspecified atom stereocenters. The fourth-order valence-corrected chi connectivity index (χ4v) is 1.70.